The Morgan fingerprint density at radius 3 is 2.55 bits per heavy atom. The topological polar surface area (TPSA) is 58.9 Å². The van der Waals surface area contributed by atoms with Crippen LogP contribution in [0.25, 0.3) is 22.4 Å². The van der Waals surface area contributed by atoms with Crippen LogP contribution >= 0.6 is 0 Å². The van der Waals surface area contributed by atoms with Crippen molar-refractivity contribution in [2.24, 2.45) is 7.05 Å². The first-order chi connectivity index (χ1) is 9.51. The maximum absolute atomic E-state index is 4.68. The van der Waals surface area contributed by atoms with Crippen LogP contribution in [0, 0.1) is 6.92 Å². The Bertz CT molecular complexity index is 758. The van der Waals surface area contributed by atoms with Gasteiger partial charge in [0, 0.05) is 28.2 Å². The lowest BCUT2D eigenvalue weighted by molar-refractivity contribution is 0.890. The number of aryl methyl sites for hydroxylation is 2. The molecule has 20 heavy (non-hydrogen) atoms. The Hall–Kier alpha value is -2.37. The molecule has 0 atom stereocenters. The molecule has 1 aliphatic heterocycles. The second-order valence-corrected chi connectivity index (χ2v) is 5.14. The van der Waals surface area contributed by atoms with Gasteiger partial charge in [0.2, 0.25) is 11.9 Å². The molecule has 6 nitrogen and oxygen atoms in total. The number of nitrogens with zero attached hydrogens (tertiary/aromatic N) is 5. The van der Waals surface area contributed by atoms with Crippen molar-refractivity contribution in [2.75, 3.05) is 31.4 Å². The van der Waals surface area contributed by atoms with Crippen LogP contribution in [-0.4, -0.2) is 40.7 Å². The van der Waals surface area contributed by atoms with Crippen molar-refractivity contribution in [1.29, 1.82) is 0 Å². The Kier molecular flexibility index (Phi) is 2.74. The second-order valence-electron chi connectivity index (χ2n) is 5.14. The van der Waals surface area contributed by atoms with E-state index in [1.54, 1.807) is 0 Å². The number of fused-ring (bicyclic) bond motifs is 2. The van der Waals surface area contributed by atoms with E-state index in [1.165, 1.54) is 0 Å². The molecule has 1 aromatic rings. The maximum Gasteiger partial charge on any atom is 0.223 e. The van der Waals surface area contributed by atoms with Crippen molar-refractivity contribution < 1.29 is 0 Å². The smallest absolute Gasteiger partial charge is 0.223 e. The van der Waals surface area contributed by atoms with Gasteiger partial charge in [-0.1, -0.05) is 0 Å². The fourth-order valence-corrected chi connectivity index (χ4v) is 2.46. The molecule has 1 aromatic heterocycles. The summed E-state index contributed by atoms with van der Waals surface area (Å²) in [6.45, 7) is 2.04. The Labute approximate surface area is 117 Å². The van der Waals surface area contributed by atoms with Crippen molar-refractivity contribution in [3.05, 3.63) is 17.7 Å². The average Bonchev–Trinajstić information content (AvgIpc) is 2.91. The van der Waals surface area contributed by atoms with Crippen LogP contribution in [0.2, 0.25) is 0 Å². The fraction of sp³-hybridized carbons (Fsp3) is 0.357. The van der Waals surface area contributed by atoms with E-state index in [4.69, 9.17) is 0 Å². The molecule has 0 radical (unpaired) electrons. The minimum absolute atomic E-state index is 0.650. The molecule has 0 fully saturated rings. The van der Waals surface area contributed by atoms with Gasteiger partial charge in [-0.2, -0.15) is 0 Å². The Morgan fingerprint density at radius 2 is 1.90 bits per heavy atom. The zero-order valence-electron chi connectivity index (χ0n) is 12.4. The molecule has 2 aliphatic rings. The largest absolute Gasteiger partial charge is 0.357 e. The molecule has 0 saturated carbocycles. The Morgan fingerprint density at radius 1 is 1.15 bits per heavy atom. The number of rotatable bonds is 2. The van der Waals surface area contributed by atoms with Crippen molar-refractivity contribution >= 4 is 22.9 Å². The molecule has 0 aromatic carbocycles. The highest BCUT2D eigenvalue weighted by Gasteiger charge is 2.16. The van der Waals surface area contributed by atoms with Crippen molar-refractivity contribution in [3.8, 4) is 11.4 Å². The van der Waals surface area contributed by atoms with Crippen LogP contribution in [0.1, 0.15) is 5.56 Å². The molecule has 1 N–H and O–H groups in total. The first-order valence-electron chi connectivity index (χ1n) is 6.51. The van der Waals surface area contributed by atoms with Gasteiger partial charge in [-0.3, -0.25) is 0 Å². The molecular weight excluding hydrogens is 252 g/mol. The van der Waals surface area contributed by atoms with E-state index >= 15 is 0 Å². The molecule has 0 unspecified atom stereocenters. The van der Waals surface area contributed by atoms with Gasteiger partial charge >= 0.3 is 0 Å². The molecule has 0 amide bonds. The van der Waals surface area contributed by atoms with Gasteiger partial charge in [0.25, 0.3) is 0 Å². The van der Waals surface area contributed by atoms with Crippen LogP contribution in [0.5, 0.6) is 0 Å². The minimum atomic E-state index is 0.650. The Balaban J connectivity index is 2.37. The van der Waals surface area contributed by atoms with Gasteiger partial charge in [-0.05, 0) is 24.6 Å². The molecule has 2 heterocycles. The van der Waals surface area contributed by atoms with Gasteiger partial charge in [0.1, 0.15) is 0 Å². The highest BCUT2D eigenvalue weighted by Crippen LogP contribution is 2.29. The zero-order chi connectivity index (χ0) is 14.4. The van der Waals surface area contributed by atoms with Crippen molar-refractivity contribution in [3.63, 3.8) is 0 Å². The standard InChI is InChI=1S/C14H18N6/c1-8-6-9-11(20(5)14(17-9)19(3)4)7-10-12(8)18-13(15-2)16-10/h6-7H,1-5H3,(H,15,16,18). The summed E-state index contributed by atoms with van der Waals surface area (Å²) in [5.74, 6) is 1.57. The van der Waals surface area contributed by atoms with Gasteiger partial charge in [-0.25, -0.2) is 15.0 Å². The molecule has 0 spiro atoms. The molecule has 3 rings (SSSR count). The third-order valence-electron chi connectivity index (χ3n) is 3.45. The number of anilines is 2. The summed E-state index contributed by atoms with van der Waals surface area (Å²) in [4.78, 5) is 15.7. The third-order valence-corrected chi connectivity index (χ3v) is 3.45. The molecular formula is C14H18N6. The lowest BCUT2D eigenvalue weighted by Crippen LogP contribution is -2.13. The number of hydrogen-bond acceptors (Lipinski definition) is 5. The van der Waals surface area contributed by atoms with Crippen LogP contribution < -0.4 is 10.2 Å². The predicted molar refractivity (Wildman–Crippen MR) is 81.5 cm³/mol. The quantitative estimate of drug-likeness (QED) is 0.770. The number of aromatic nitrogens is 4. The van der Waals surface area contributed by atoms with Crippen LogP contribution in [0.4, 0.5) is 11.9 Å². The summed E-state index contributed by atoms with van der Waals surface area (Å²) < 4.78 is 2.07. The summed E-state index contributed by atoms with van der Waals surface area (Å²) in [6.07, 6.45) is 0. The molecule has 1 aliphatic carbocycles. The first-order valence-corrected chi connectivity index (χ1v) is 6.51. The average molecular weight is 270 g/mol. The lowest BCUT2D eigenvalue weighted by atomic mass is 10.2. The minimum Gasteiger partial charge on any atom is -0.357 e. The monoisotopic (exact) mass is 270 g/mol. The SMILES string of the molecule is CNc1nc2cc3c(cc(C)c-2n1)nc(N(C)C)n3C. The molecule has 0 bridgehead atoms. The number of imidazole rings is 2. The van der Waals surface area contributed by atoms with E-state index in [9.17, 15) is 0 Å². The highest BCUT2D eigenvalue weighted by molar-refractivity contribution is 5.84. The fourth-order valence-electron chi connectivity index (χ4n) is 2.46. The van der Waals surface area contributed by atoms with Gasteiger partial charge < -0.3 is 14.8 Å². The predicted octanol–water partition coefficient (Wildman–Crippen LogP) is 1.88. The lowest BCUT2D eigenvalue weighted by Gasteiger charge is -2.10. The molecule has 104 valence electrons. The first kappa shape index (κ1) is 12.7. The van der Waals surface area contributed by atoms with E-state index in [-0.39, 0.29) is 0 Å². The molecule has 0 saturated heterocycles. The van der Waals surface area contributed by atoms with E-state index in [0.29, 0.717) is 5.95 Å². The van der Waals surface area contributed by atoms with Gasteiger partial charge in [-0.15, -0.1) is 0 Å². The van der Waals surface area contributed by atoms with Crippen LogP contribution in [0.15, 0.2) is 12.1 Å². The normalized spacial score (nSPS) is 11.2. The summed E-state index contributed by atoms with van der Waals surface area (Å²) in [6, 6.07) is 4.12. The van der Waals surface area contributed by atoms with E-state index in [1.807, 2.05) is 46.1 Å². The highest BCUT2D eigenvalue weighted by atomic mass is 15.3. The van der Waals surface area contributed by atoms with Crippen molar-refractivity contribution in [2.45, 2.75) is 6.92 Å². The summed E-state index contributed by atoms with van der Waals surface area (Å²) in [5, 5.41) is 2.99. The van der Waals surface area contributed by atoms with E-state index < -0.39 is 0 Å². The maximum atomic E-state index is 4.68. The summed E-state index contributed by atoms with van der Waals surface area (Å²) in [7, 11) is 7.82. The molecule has 6 heteroatoms. The third kappa shape index (κ3) is 1.76. The van der Waals surface area contributed by atoms with Gasteiger partial charge in [0.05, 0.1) is 22.4 Å². The van der Waals surface area contributed by atoms with E-state index in [0.717, 1.165) is 33.9 Å². The van der Waals surface area contributed by atoms with Crippen LogP contribution in [-0.2, 0) is 7.05 Å². The zero-order valence-corrected chi connectivity index (χ0v) is 12.4. The number of hydrogen-bond donors (Lipinski definition) is 1. The second kappa shape index (κ2) is 4.33. The van der Waals surface area contributed by atoms with Crippen molar-refractivity contribution in [1.82, 2.24) is 19.5 Å². The van der Waals surface area contributed by atoms with Crippen LogP contribution in [0.3, 0.4) is 0 Å². The van der Waals surface area contributed by atoms with E-state index in [2.05, 4.69) is 30.9 Å². The summed E-state index contributed by atoms with van der Waals surface area (Å²) in [5.41, 5.74) is 4.88. The number of nitrogens with one attached hydrogen (secondary N) is 1. The van der Waals surface area contributed by atoms with Gasteiger partial charge in [0.15, 0.2) is 0 Å². The summed E-state index contributed by atoms with van der Waals surface area (Å²) >= 11 is 0.